The average molecular weight is 690 g/mol. The van der Waals surface area contributed by atoms with Crippen molar-refractivity contribution in [2.24, 2.45) is 0 Å². The van der Waals surface area contributed by atoms with Crippen LogP contribution in [-0.2, 0) is 13.1 Å². The number of aromatic nitrogens is 11. The number of hydrogen-bond donors (Lipinski definition) is 4. The number of aryl methyl sites for hydroxylation is 1. The molecule has 256 valence electrons. The number of nitro groups is 1. The second kappa shape index (κ2) is 13.3. The molecule has 0 bridgehead atoms. The summed E-state index contributed by atoms with van der Waals surface area (Å²) in [4.78, 5) is 31.8. The van der Waals surface area contributed by atoms with Crippen LogP contribution in [0.3, 0.4) is 0 Å². The summed E-state index contributed by atoms with van der Waals surface area (Å²) < 4.78 is 14.1. The molecule has 1 aromatic carbocycles. The highest BCUT2D eigenvalue weighted by Gasteiger charge is 2.20. The van der Waals surface area contributed by atoms with Gasteiger partial charge in [0, 0.05) is 17.8 Å². The molecule has 0 amide bonds. The molecule has 20 nitrogen and oxygen atoms in total. The molecule has 7 aromatic heterocycles. The first-order valence-electron chi connectivity index (χ1n) is 15.1. The Kier molecular flexibility index (Phi) is 8.38. The number of nitrogens with one attached hydrogen (secondary N) is 1. The second-order valence-corrected chi connectivity index (χ2v) is 11.1. The number of anilines is 3. The van der Waals surface area contributed by atoms with Gasteiger partial charge in [-0.2, -0.15) is 9.97 Å². The predicted molar refractivity (Wildman–Crippen MR) is 181 cm³/mol. The molecule has 0 radical (unpaired) electrons. The van der Waals surface area contributed by atoms with Gasteiger partial charge < -0.3 is 20.3 Å². The van der Waals surface area contributed by atoms with E-state index in [0.717, 1.165) is 11.3 Å². The molecule has 0 aliphatic carbocycles. The van der Waals surface area contributed by atoms with Crippen molar-refractivity contribution in [3.8, 4) is 22.9 Å². The molecule has 0 spiro atoms. The smallest absolute Gasteiger partial charge is 0.272 e. The Hall–Kier alpha value is -7.35. The lowest BCUT2D eigenvalue weighted by Gasteiger charge is -2.07. The van der Waals surface area contributed by atoms with Crippen molar-refractivity contribution in [1.82, 2.24) is 54.9 Å². The Balaban J connectivity index is 0.000000159. The van der Waals surface area contributed by atoms with Gasteiger partial charge in [-0.3, -0.25) is 25.8 Å². The Bertz CT molecular complexity index is 2520. The van der Waals surface area contributed by atoms with Crippen LogP contribution in [-0.4, -0.2) is 65.0 Å². The van der Waals surface area contributed by atoms with Crippen molar-refractivity contribution < 1.29 is 19.0 Å². The van der Waals surface area contributed by atoms with Crippen LogP contribution < -0.4 is 16.9 Å². The monoisotopic (exact) mass is 689 g/mol. The van der Waals surface area contributed by atoms with Crippen molar-refractivity contribution in [2.45, 2.75) is 26.9 Å². The molecule has 0 aliphatic heterocycles. The van der Waals surface area contributed by atoms with Crippen LogP contribution in [0.2, 0.25) is 0 Å². The minimum absolute atomic E-state index is 0.0531. The summed E-state index contributed by atoms with van der Waals surface area (Å²) in [6.07, 6.45) is 3.10. The van der Waals surface area contributed by atoms with Gasteiger partial charge >= 0.3 is 0 Å². The zero-order valence-electron chi connectivity index (χ0n) is 26.9. The Labute approximate surface area is 285 Å². The Morgan fingerprint density at radius 3 is 2.16 bits per heavy atom. The van der Waals surface area contributed by atoms with E-state index in [1.807, 2.05) is 13.0 Å². The van der Waals surface area contributed by atoms with Gasteiger partial charge in [-0.25, -0.2) is 19.3 Å². The van der Waals surface area contributed by atoms with Crippen LogP contribution in [0.1, 0.15) is 22.6 Å². The van der Waals surface area contributed by atoms with Crippen LogP contribution in [0.4, 0.5) is 23.3 Å². The third-order valence-electron chi connectivity index (χ3n) is 7.68. The molecular weight excluding hydrogens is 662 g/mol. The fraction of sp³-hybridized carbons (Fsp3) is 0.129. The number of nitrogen functional groups attached to an aromatic ring is 2. The third kappa shape index (κ3) is 6.44. The van der Waals surface area contributed by atoms with Crippen molar-refractivity contribution in [1.29, 1.82) is 0 Å². The number of fused-ring (bicyclic) bond motifs is 2. The maximum atomic E-state index is 11.1. The molecule has 0 fully saturated rings. The van der Waals surface area contributed by atoms with Crippen LogP contribution >= 0.6 is 0 Å². The first kappa shape index (κ1) is 32.2. The zero-order valence-corrected chi connectivity index (χ0v) is 26.9. The lowest BCUT2D eigenvalue weighted by Crippen LogP contribution is -2.07. The molecule has 20 heteroatoms. The van der Waals surface area contributed by atoms with E-state index in [1.54, 1.807) is 60.3 Å². The summed E-state index contributed by atoms with van der Waals surface area (Å²) in [5.41, 5.74) is 19.1. The summed E-state index contributed by atoms with van der Waals surface area (Å²) >= 11 is 0. The molecule has 0 unspecified atom stereocenters. The molecule has 0 atom stereocenters. The number of benzene rings is 1. The van der Waals surface area contributed by atoms with Gasteiger partial charge in [0.1, 0.15) is 17.1 Å². The molecule has 0 saturated carbocycles. The van der Waals surface area contributed by atoms with E-state index in [2.05, 4.69) is 51.0 Å². The van der Waals surface area contributed by atoms with Crippen LogP contribution in [0.15, 0.2) is 75.9 Å². The first-order valence-corrected chi connectivity index (χ1v) is 15.1. The van der Waals surface area contributed by atoms with E-state index >= 15 is 0 Å². The molecule has 51 heavy (non-hydrogen) atoms. The lowest BCUT2D eigenvalue weighted by atomic mass is 10.1. The predicted octanol–water partition coefficient (Wildman–Crippen LogP) is 3.94. The lowest BCUT2D eigenvalue weighted by molar-refractivity contribution is -0.385. The zero-order chi connectivity index (χ0) is 35.6. The van der Waals surface area contributed by atoms with E-state index in [9.17, 15) is 10.1 Å². The van der Waals surface area contributed by atoms with Crippen LogP contribution in [0.5, 0.6) is 0 Å². The van der Waals surface area contributed by atoms with Crippen molar-refractivity contribution in [3.05, 3.63) is 99.8 Å². The van der Waals surface area contributed by atoms with Crippen molar-refractivity contribution in [3.63, 3.8) is 0 Å². The fourth-order valence-electron chi connectivity index (χ4n) is 5.27. The SMILES string of the molecule is Cc1c(Cn2nnc3c(-c4ccco4)nc(N)nc32)cccc1[N+](=O)[O-].Cc1ccc(-c2nc(N)nc3c2nnn3Cc2cc(NO)ccn2)o1. The number of pyridine rings is 1. The van der Waals surface area contributed by atoms with Gasteiger partial charge in [0.25, 0.3) is 5.69 Å². The third-order valence-corrected chi connectivity index (χ3v) is 7.68. The maximum Gasteiger partial charge on any atom is 0.272 e. The van der Waals surface area contributed by atoms with E-state index < -0.39 is 4.92 Å². The number of nitrogens with two attached hydrogens (primary N) is 2. The van der Waals surface area contributed by atoms with Gasteiger partial charge in [0.15, 0.2) is 33.8 Å². The average Bonchev–Trinajstić information content (AvgIpc) is 3.94. The summed E-state index contributed by atoms with van der Waals surface area (Å²) in [7, 11) is 0. The number of nitro benzene ring substituents is 1. The largest absolute Gasteiger partial charge is 0.463 e. The molecule has 7 heterocycles. The topological polar surface area (TPSA) is 280 Å². The molecule has 8 aromatic rings. The van der Waals surface area contributed by atoms with E-state index in [0.29, 0.717) is 68.7 Å². The summed E-state index contributed by atoms with van der Waals surface area (Å²) in [6, 6.07) is 15.3. The maximum absolute atomic E-state index is 11.1. The van der Waals surface area contributed by atoms with E-state index in [1.165, 1.54) is 17.0 Å². The van der Waals surface area contributed by atoms with Crippen LogP contribution in [0, 0.1) is 24.0 Å². The second-order valence-electron chi connectivity index (χ2n) is 11.1. The van der Waals surface area contributed by atoms with Gasteiger partial charge in [-0.15, -0.1) is 10.2 Å². The highest BCUT2D eigenvalue weighted by molar-refractivity contribution is 5.86. The van der Waals surface area contributed by atoms with E-state index in [4.69, 9.17) is 25.5 Å². The molecule has 0 saturated heterocycles. The number of rotatable bonds is 8. The molecule has 8 rings (SSSR count). The summed E-state index contributed by atoms with van der Waals surface area (Å²) in [6.45, 7) is 4.11. The van der Waals surface area contributed by atoms with Crippen LogP contribution in [0.25, 0.3) is 45.2 Å². The van der Waals surface area contributed by atoms with E-state index in [-0.39, 0.29) is 24.1 Å². The van der Waals surface area contributed by atoms with Gasteiger partial charge in [0.2, 0.25) is 11.9 Å². The highest BCUT2D eigenvalue weighted by atomic mass is 16.6. The number of furan rings is 2. The summed E-state index contributed by atoms with van der Waals surface area (Å²) in [5.74, 6) is 1.96. The molecule has 6 N–H and O–H groups in total. The Morgan fingerprint density at radius 2 is 1.55 bits per heavy atom. The highest BCUT2D eigenvalue weighted by Crippen LogP contribution is 2.28. The molecular formula is C31H27N15O5. The minimum atomic E-state index is -0.409. The normalized spacial score (nSPS) is 11.1. The number of hydrogen-bond acceptors (Lipinski definition) is 17. The van der Waals surface area contributed by atoms with Crippen molar-refractivity contribution in [2.75, 3.05) is 16.9 Å². The Morgan fingerprint density at radius 1 is 0.863 bits per heavy atom. The standard InChI is InChI=1S/C16H13N7O3.C15H14N8O2/c1-9-10(4-2-5-11(9)23(24)25)8-22-15-14(20-21-22)13(18-16(17)19-15)12-6-3-7-26-12;1-8-2-3-11(25-8)12-13-14(19-15(16)18-12)23(22-20-13)7-10-6-9(21-24)4-5-17-10/h2-7H,8H2,1H3,(H2,17,18,19);2-6,24H,7H2,1H3,(H,17,21)(H2,16,18,19). The van der Waals surface area contributed by atoms with Gasteiger partial charge in [-0.1, -0.05) is 22.6 Å². The molecule has 0 aliphatic rings. The quantitative estimate of drug-likeness (QED) is 0.130. The number of nitrogens with zero attached hydrogens (tertiary/aromatic N) is 12. The van der Waals surface area contributed by atoms with Gasteiger partial charge in [0.05, 0.1) is 35.7 Å². The van der Waals surface area contributed by atoms with Gasteiger partial charge in [-0.05, 0) is 55.8 Å². The summed E-state index contributed by atoms with van der Waals surface area (Å²) in [5, 5.41) is 36.7. The first-order chi connectivity index (χ1) is 24.7. The minimum Gasteiger partial charge on any atom is -0.463 e. The van der Waals surface area contributed by atoms with Crippen molar-refractivity contribution >= 4 is 45.6 Å². The fourth-order valence-corrected chi connectivity index (χ4v) is 5.27.